The van der Waals surface area contributed by atoms with E-state index < -0.39 is 43.7 Å². The molecule has 1 aliphatic heterocycles. The van der Waals surface area contributed by atoms with Gasteiger partial charge in [0, 0.05) is 11.3 Å². The summed E-state index contributed by atoms with van der Waals surface area (Å²) in [5, 5.41) is 10.9. The van der Waals surface area contributed by atoms with E-state index in [2.05, 4.69) is 0 Å². The van der Waals surface area contributed by atoms with Gasteiger partial charge in [0.05, 0.1) is 11.3 Å². The summed E-state index contributed by atoms with van der Waals surface area (Å²) in [6.45, 7) is -0.411. The predicted molar refractivity (Wildman–Crippen MR) is 142 cm³/mol. The minimum absolute atomic E-state index is 0.122. The van der Waals surface area contributed by atoms with Crippen LogP contribution in [-0.4, -0.2) is 33.2 Å². The first kappa shape index (κ1) is 26.3. The molecule has 3 N–H and O–H groups in total. The third-order valence-corrected chi connectivity index (χ3v) is 7.53. The lowest BCUT2D eigenvalue weighted by molar-refractivity contribution is -0.141. The van der Waals surface area contributed by atoms with Crippen LogP contribution in [0.4, 0.5) is 10.1 Å². The molecule has 5 rings (SSSR count). The second-order valence-corrected chi connectivity index (χ2v) is 10.6. The summed E-state index contributed by atoms with van der Waals surface area (Å²) in [6.07, 6.45) is 0. The molecule has 1 heterocycles. The monoisotopic (exact) mass is 547 g/mol. The number of carbonyl (C=O) groups excluding carboxylic acids is 2. The standard InChI is InChI=1S/C29H23FNO7P/c30-20-9-11-22(12-10-20)38-17-26(33)27-28(31(29(27)34)21-4-2-1-3-5-21)24-15-8-19(16-25(24)32)18-6-13-23(14-7-18)39(35,36)37/h1-16,27-28,32H,17H2,(H2,35,36,37). The van der Waals surface area contributed by atoms with Crippen LogP contribution in [-0.2, 0) is 14.2 Å². The molecule has 0 aromatic heterocycles. The van der Waals surface area contributed by atoms with E-state index in [1.807, 2.05) is 0 Å². The second-order valence-electron chi connectivity index (χ2n) is 9.04. The van der Waals surface area contributed by atoms with Gasteiger partial charge in [0.25, 0.3) is 0 Å². The maximum Gasteiger partial charge on any atom is 0.356 e. The molecule has 8 nitrogen and oxygen atoms in total. The van der Waals surface area contributed by atoms with Crippen molar-refractivity contribution in [1.82, 2.24) is 0 Å². The number of halogens is 1. The fourth-order valence-corrected chi connectivity index (χ4v) is 5.13. The molecule has 0 spiro atoms. The number of hydrogen-bond donors (Lipinski definition) is 3. The highest BCUT2D eigenvalue weighted by Gasteiger charge is 2.53. The molecule has 10 heteroatoms. The summed E-state index contributed by atoms with van der Waals surface area (Å²) in [6, 6.07) is 23.7. The average molecular weight is 547 g/mol. The van der Waals surface area contributed by atoms with Crippen LogP contribution in [0.3, 0.4) is 0 Å². The van der Waals surface area contributed by atoms with Gasteiger partial charge in [-0.05, 0) is 65.7 Å². The number of para-hydroxylation sites is 1. The third kappa shape index (κ3) is 5.33. The highest BCUT2D eigenvalue weighted by atomic mass is 31.2. The van der Waals surface area contributed by atoms with Crippen LogP contribution in [0.2, 0.25) is 0 Å². The van der Waals surface area contributed by atoms with E-state index in [1.165, 1.54) is 59.5 Å². The van der Waals surface area contributed by atoms with E-state index in [-0.39, 0.29) is 16.8 Å². The van der Waals surface area contributed by atoms with Crippen molar-refractivity contribution < 1.29 is 38.2 Å². The van der Waals surface area contributed by atoms with Crippen LogP contribution in [0, 0.1) is 11.7 Å². The fourth-order valence-electron chi connectivity index (χ4n) is 4.59. The zero-order valence-electron chi connectivity index (χ0n) is 20.3. The first-order chi connectivity index (χ1) is 18.6. The largest absolute Gasteiger partial charge is 0.508 e. The maximum absolute atomic E-state index is 13.2. The van der Waals surface area contributed by atoms with E-state index >= 15 is 0 Å². The molecule has 0 saturated carbocycles. The van der Waals surface area contributed by atoms with Crippen molar-refractivity contribution in [3.8, 4) is 22.6 Å². The van der Waals surface area contributed by atoms with Gasteiger partial charge in [-0.3, -0.25) is 14.2 Å². The number of β-lactam (4-membered cyclic amide) rings is 1. The molecule has 1 aliphatic rings. The van der Waals surface area contributed by atoms with Crippen molar-refractivity contribution in [1.29, 1.82) is 0 Å². The number of phenolic OH excluding ortho intramolecular Hbond substituents is 1. The minimum atomic E-state index is -4.39. The van der Waals surface area contributed by atoms with E-state index in [1.54, 1.807) is 42.5 Å². The number of nitrogens with zero attached hydrogens (tertiary/aromatic N) is 1. The molecule has 0 radical (unpaired) electrons. The van der Waals surface area contributed by atoms with Crippen molar-refractivity contribution in [2.45, 2.75) is 6.04 Å². The zero-order chi connectivity index (χ0) is 27.7. The summed E-state index contributed by atoms with van der Waals surface area (Å²) < 4.78 is 30.1. The number of ketones is 1. The maximum atomic E-state index is 13.2. The van der Waals surface area contributed by atoms with Crippen molar-refractivity contribution in [3.63, 3.8) is 0 Å². The van der Waals surface area contributed by atoms with Crippen molar-refractivity contribution in [3.05, 3.63) is 108 Å². The van der Waals surface area contributed by atoms with E-state index in [0.29, 0.717) is 22.4 Å². The Morgan fingerprint density at radius 2 is 1.54 bits per heavy atom. The summed E-state index contributed by atoms with van der Waals surface area (Å²) in [7, 11) is -4.39. The quantitative estimate of drug-likeness (QED) is 0.170. The van der Waals surface area contributed by atoms with Gasteiger partial charge in [-0.1, -0.05) is 42.5 Å². The Kier molecular flexibility index (Phi) is 7.06. The van der Waals surface area contributed by atoms with Crippen LogP contribution in [0.1, 0.15) is 11.6 Å². The number of rotatable bonds is 8. The highest BCUT2D eigenvalue weighted by molar-refractivity contribution is 7.60. The molecule has 1 amide bonds. The minimum Gasteiger partial charge on any atom is -0.508 e. The Labute approximate surface area is 223 Å². The van der Waals surface area contributed by atoms with Crippen LogP contribution in [0.25, 0.3) is 11.1 Å². The summed E-state index contributed by atoms with van der Waals surface area (Å²) in [4.78, 5) is 46.5. The van der Waals surface area contributed by atoms with Crippen LogP contribution in [0.15, 0.2) is 97.1 Å². The highest BCUT2D eigenvalue weighted by Crippen LogP contribution is 2.47. The number of hydrogen-bond acceptors (Lipinski definition) is 5. The molecule has 39 heavy (non-hydrogen) atoms. The van der Waals surface area contributed by atoms with Gasteiger partial charge < -0.3 is 24.5 Å². The van der Waals surface area contributed by atoms with Crippen LogP contribution < -0.4 is 14.9 Å². The van der Waals surface area contributed by atoms with Gasteiger partial charge in [-0.15, -0.1) is 0 Å². The first-order valence-corrected chi connectivity index (χ1v) is 13.5. The number of benzene rings is 4. The molecule has 1 saturated heterocycles. The molecule has 0 aliphatic carbocycles. The average Bonchev–Trinajstić information content (AvgIpc) is 2.92. The summed E-state index contributed by atoms with van der Waals surface area (Å²) in [5.41, 5.74) is 2.11. The Morgan fingerprint density at radius 1 is 0.897 bits per heavy atom. The number of anilines is 1. The molecule has 2 unspecified atom stereocenters. The lowest BCUT2D eigenvalue weighted by Gasteiger charge is -2.46. The molecule has 0 bridgehead atoms. The summed E-state index contributed by atoms with van der Waals surface area (Å²) >= 11 is 0. The third-order valence-electron chi connectivity index (χ3n) is 6.56. The smallest absolute Gasteiger partial charge is 0.356 e. The lowest BCUT2D eigenvalue weighted by Crippen LogP contribution is -2.59. The molecular formula is C29H23FNO7P. The Morgan fingerprint density at radius 3 is 2.15 bits per heavy atom. The van der Waals surface area contributed by atoms with Crippen LogP contribution >= 0.6 is 7.60 Å². The molecule has 4 aromatic rings. The van der Waals surface area contributed by atoms with Gasteiger partial charge in [-0.25, -0.2) is 4.39 Å². The second kappa shape index (κ2) is 10.5. The number of carbonyl (C=O) groups is 2. The Bertz CT molecular complexity index is 1570. The molecular weight excluding hydrogens is 524 g/mol. The molecule has 2 atom stereocenters. The van der Waals surface area contributed by atoms with Crippen molar-refractivity contribution >= 4 is 30.3 Å². The van der Waals surface area contributed by atoms with Gasteiger partial charge >= 0.3 is 7.60 Å². The van der Waals surface area contributed by atoms with Gasteiger partial charge in [0.2, 0.25) is 5.91 Å². The number of phenols is 1. The SMILES string of the molecule is O=C(COc1ccc(F)cc1)C1C(=O)N(c2ccccc2)C1c1ccc(-c2ccc(P(=O)(O)O)cc2)cc1O. The first-order valence-electron chi connectivity index (χ1n) is 11.9. The fraction of sp³-hybridized carbons (Fsp3) is 0.103. The van der Waals surface area contributed by atoms with Gasteiger partial charge in [0.15, 0.2) is 5.78 Å². The number of ether oxygens (including phenoxy) is 1. The van der Waals surface area contributed by atoms with E-state index in [0.717, 1.165) is 0 Å². The van der Waals surface area contributed by atoms with E-state index in [9.17, 15) is 33.4 Å². The van der Waals surface area contributed by atoms with Gasteiger partial charge in [-0.2, -0.15) is 0 Å². The van der Waals surface area contributed by atoms with Crippen molar-refractivity contribution in [2.24, 2.45) is 5.92 Å². The molecule has 4 aromatic carbocycles. The zero-order valence-corrected chi connectivity index (χ0v) is 21.2. The molecule has 198 valence electrons. The summed E-state index contributed by atoms with van der Waals surface area (Å²) in [5.74, 6) is -2.34. The Hall–Kier alpha value is -4.30. The van der Waals surface area contributed by atoms with E-state index in [4.69, 9.17) is 4.74 Å². The Balaban J connectivity index is 1.44. The number of Topliss-reactive ketones (excluding diaryl/α,β-unsaturated/α-hetero) is 1. The topological polar surface area (TPSA) is 124 Å². The van der Waals surface area contributed by atoms with Crippen LogP contribution in [0.5, 0.6) is 11.5 Å². The number of amides is 1. The normalized spacial score (nSPS) is 17.0. The molecule has 1 fully saturated rings. The van der Waals surface area contributed by atoms with Crippen molar-refractivity contribution in [2.75, 3.05) is 11.5 Å². The number of aromatic hydroxyl groups is 1. The predicted octanol–water partition coefficient (Wildman–Crippen LogP) is 4.35. The van der Waals surface area contributed by atoms with Gasteiger partial charge in [0.1, 0.15) is 29.8 Å². The lowest BCUT2D eigenvalue weighted by atomic mass is 9.78.